The Labute approximate surface area is 104 Å². The number of anilines is 2. The Kier molecular flexibility index (Phi) is 2.30. The van der Waals surface area contributed by atoms with Gasteiger partial charge >= 0.3 is 0 Å². The molecule has 0 saturated carbocycles. The van der Waals surface area contributed by atoms with E-state index in [0.717, 1.165) is 21.8 Å². The van der Waals surface area contributed by atoms with Gasteiger partial charge in [-0.3, -0.25) is 4.79 Å². The van der Waals surface area contributed by atoms with E-state index < -0.39 is 0 Å². The van der Waals surface area contributed by atoms with Gasteiger partial charge in [0.25, 0.3) is 0 Å². The van der Waals surface area contributed by atoms with Crippen molar-refractivity contribution in [3.63, 3.8) is 0 Å². The Hall–Kier alpha value is -1.61. The van der Waals surface area contributed by atoms with Crippen molar-refractivity contribution >= 4 is 28.5 Å². The van der Waals surface area contributed by atoms with Crippen molar-refractivity contribution in [1.82, 2.24) is 0 Å². The number of ketones is 1. The van der Waals surface area contributed by atoms with Crippen LogP contribution in [0.5, 0.6) is 0 Å². The molecule has 1 aliphatic rings. The van der Waals surface area contributed by atoms with Gasteiger partial charge in [0.15, 0.2) is 5.78 Å². The smallest absolute Gasteiger partial charge is 0.179 e. The number of carbonyl (C=O) groups is 1. The van der Waals surface area contributed by atoms with Crippen LogP contribution in [0.1, 0.15) is 26.4 Å². The lowest BCUT2D eigenvalue weighted by Crippen LogP contribution is -2.00. The van der Waals surface area contributed by atoms with Gasteiger partial charge in [0.2, 0.25) is 0 Å². The molecule has 3 rings (SSSR count). The summed E-state index contributed by atoms with van der Waals surface area (Å²) in [5.41, 5.74) is 5.60. The highest BCUT2D eigenvalue weighted by atomic mass is 32.1. The van der Waals surface area contributed by atoms with E-state index in [-0.39, 0.29) is 5.78 Å². The third-order valence-corrected chi connectivity index (χ3v) is 4.21. The summed E-state index contributed by atoms with van der Waals surface area (Å²) in [6, 6.07) is 6.22. The molecule has 2 heterocycles. The fourth-order valence-corrected chi connectivity index (χ4v) is 2.95. The maximum absolute atomic E-state index is 12.1. The highest BCUT2D eigenvalue weighted by Crippen LogP contribution is 2.34. The molecule has 1 N–H and O–H groups in total. The number of Topliss-reactive ketones (excluding diaryl/α,β-unsaturated/α-hetero) is 1. The molecule has 0 saturated heterocycles. The molecule has 0 unspecified atom stereocenters. The lowest BCUT2D eigenvalue weighted by atomic mass is 10.0. The van der Waals surface area contributed by atoms with Crippen molar-refractivity contribution in [2.75, 3.05) is 5.32 Å². The van der Waals surface area contributed by atoms with E-state index in [9.17, 15) is 4.79 Å². The van der Waals surface area contributed by atoms with Crippen LogP contribution in [0, 0.1) is 13.8 Å². The van der Waals surface area contributed by atoms with Crippen LogP contribution in [0.15, 0.2) is 23.6 Å². The van der Waals surface area contributed by atoms with Crippen LogP contribution in [0.25, 0.3) is 0 Å². The second-order valence-electron chi connectivity index (χ2n) is 4.48. The number of nitrogens with one attached hydrogen (secondary N) is 1. The van der Waals surface area contributed by atoms with Crippen LogP contribution in [-0.2, 0) is 6.42 Å². The molecule has 1 aromatic carbocycles. The van der Waals surface area contributed by atoms with Crippen LogP contribution >= 0.6 is 11.3 Å². The topological polar surface area (TPSA) is 29.1 Å². The van der Waals surface area contributed by atoms with Crippen molar-refractivity contribution in [1.29, 1.82) is 0 Å². The van der Waals surface area contributed by atoms with Gasteiger partial charge in [0.1, 0.15) is 0 Å². The molecule has 2 nitrogen and oxygen atoms in total. The van der Waals surface area contributed by atoms with Crippen molar-refractivity contribution in [3.05, 3.63) is 45.1 Å². The molecule has 86 valence electrons. The van der Waals surface area contributed by atoms with Gasteiger partial charge in [-0.05, 0) is 48.1 Å². The molecule has 0 bridgehead atoms. The number of aryl methyl sites for hydroxylation is 2. The van der Waals surface area contributed by atoms with Crippen LogP contribution < -0.4 is 5.32 Å². The van der Waals surface area contributed by atoms with Crippen molar-refractivity contribution in [3.8, 4) is 0 Å². The first-order chi connectivity index (χ1) is 8.15. The molecular formula is C14H13NOS. The van der Waals surface area contributed by atoms with E-state index >= 15 is 0 Å². The minimum atomic E-state index is 0.213. The normalized spacial score (nSPS) is 13.6. The molecular weight excluding hydrogens is 230 g/mol. The fourth-order valence-electron chi connectivity index (χ4n) is 2.16. The lowest BCUT2D eigenvalue weighted by Gasteiger charge is -2.10. The molecule has 17 heavy (non-hydrogen) atoms. The molecule has 0 amide bonds. The zero-order chi connectivity index (χ0) is 12.0. The summed E-state index contributed by atoms with van der Waals surface area (Å²) in [7, 11) is 0. The first kappa shape index (κ1) is 10.5. The summed E-state index contributed by atoms with van der Waals surface area (Å²) in [5.74, 6) is 0.213. The third kappa shape index (κ3) is 1.67. The Morgan fingerprint density at radius 2 is 1.94 bits per heavy atom. The zero-order valence-electron chi connectivity index (χ0n) is 9.83. The SMILES string of the molecule is Cc1cc2c(cc1C)Nc1ccsc1C(=O)C2. The Bertz CT molecular complexity index is 613. The predicted molar refractivity (Wildman–Crippen MR) is 71.6 cm³/mol. The summed E-state index contributed by atoms with van der Waals surface area (Å²) in [6.07, 6.45) is 0.497. The van der Waals surface area contributed by atoms with E-state index in [1.807, 2.05) is 11.4 Å². The molecule has 0 radical (unpaired) electrons. The van der Waals surface area contributed by atoms with E-state index in [2.05, 4.69) is 31.3 Å². The quantitative estimate of drug-likeness (QED) is 0.761. The highest BCUT2D eigenvalue weighted by molar-refractivity contribution is 7.12. The van der Waals surface area contributed by atoms with Crippen LogP contribution in [0.2, 0.25) is 0 Å². The van der Waals surface area contributed by atoms with Gasteiger partial charge < -0.3 is 5.32 Å². The highest BCUT2D eigenvalue weighted by Gasteiger charge is 2.20. The number of thiophene rings is 1. The fraction of sp³-hybridized carbons (Fsp3) is 0.214. The van der Waals surface area contributed by atoms with E-state index in [1.165, 1.54) is 22.5 Å². The Balaban J connectivity index is 2.18. The second kappa shape index (κ2) is 3.70. The Morgan fingerprint density at radius 1 is 1.18 bits per heavy atom. The number of fused-ring (bicyclic) bond motifs is 2. The first-order valence-corrected chi connectivity index (χ1v) is 6.51. The van der Waals surface area contributed by atoms with E-state index in [4.69, 9.17) is 0 Å². The minimum Gasteiger partial charge on any atom is -0.354 e. The molecule has 1 aromatic heterocycles. The molecule has 0 fully saturated rings. The summed E-state index contributed by atoms with van der Waals surface area (Å²) in [5, 5.41) is 5.33. The van der Waals surface area contributed by atoms with E-state index in [1.54, 1.807) is 0 Å². The first-order valence-electron chi connectivity index (χ1n) is 5.63. The number of hydrogen-bond acceptors (Lipinski definition) is 3. The molecule has 0 spiro atoms. The molecule has 3 heteroatoms. The van der Waals surface area contributed by atoms with Crippen LogP contribution in [-0.4, -0.2) is 5.78 Å². The average Bonchev–Trinajstić information content (AvgIpc) is 2.69. The van der Waals surface area contributed by atoms with Crippen molar-refractivity contribution < 1.29 is 4.79 Å². The van der Waals surface area contributed by atoms with Gasteiger partial charge in [-0.1, -0.05) is 6.07 Å². The molecule has 0 atom stereocenters. The van der Waals surface area contributed by atoms with Crippen molar-refractivity contribution in [2.24, 2.45) is 0 Å². The van der Waals surface area contributed by atoms with Gasteiger partial charge in [-0.15, -0.1) is 11.3 Å². The number of benzene rings is 1. The Morgan fingerprint density at radius 3 is 2.76 bits per heavy atom. The van der Waals surface area contributed by atoms with Gasteiger partial charge in [0, 0.05) is 12.1 Å². The molecule has 0 aliphatic carbocycles. The maximum atomic E-state index is 12.1. The predicted octanol–water partition coefficient (Wildman–Crippen LogP) is 3.85. The zero-order valence-corrected chi connectivity index (χ0v) is 10.6. The number of carbonyl (C=O) groups excluding carboxylic acids is 1. The maximum Gasteiger partial charge on any atom is 0.179 e. The largest absolute Gasteiger partial charge is 0.354 e. The standard InChI is InChI=1S/C14H13NOS/c1-8-5-10-7-13(16)14-11(3-4-17-14)15-12(10)6-9(8)2/h3-6,15H,7H2,1-2H3. The van der Waals surface area contributed by atoms with Gasteiger partial charge in [0.05, 0.1) is 10.6 Å². The summed E-state index contributed by atoms with van der Waals surface area (Å²) >= 11 is 1.51. The molecule has 2 aromatic rings. The lowest BCUT2D eigenvalue weighted by molar-refractivity contribution is 0.0998. The number of rotatable bonds is 0. The summed E-state index contributed by atoms with van der Waals surface area (Å²) < 4.78 is 0. The van der Waals surface area contributed by atoms with E-state index in [0.29, 0.717) is 6.42 Å². The summed E-state index contributed by atoms with van der Waals surface area (Å²) in [6.45, 7) is 4.18. The van der Waals surface area contributed by atoms with Gasteiger partial charge in [-0.25, -0.2) is 0 Å². The van der Waals surface area contributed by atoms with Crippen LogP contribution in [0.4, 0.5) is 11.4 Å². The monoisotopic (exact) mass is 243 g/mol. The average molecular weight is 243 g/mol. The van der Waals surface area contributed by atoms with Crippen LogP contribution in [0.3, 0.4) is 0 Å². The third-order valence-electron chi connectivity index (χ3n) is 3.26. The molecule has 1 aliphatic heterocycles. The van der Waals surface area contributed by atoms with Crippen molar-refractivity contribution in [2.45, 2.75) is 20.3 Å². The van der Waals surface area contributed by atoms with Gasteiger partial charge in [-0.2, -0.15) is 0 Å². The number of hydrogen-bond donors (Lipinski definition) is 1. The second-order valence-corrected chi connectivity index (χ2v) is 5.40. The summed E-state index contributed by atoms with van der Waals surface area (Å²) in [4.78, 5) is 12.9. The minimum absolute atomic E-state index is 0.213.